The van der Waals surface area contributed by atoms with Gasteiger partial charge in [-0.05, 0) is 31.4 Å². The molecule has 1 amide bonds. The van der Waals surface area contributed by atoms with E-state index in [4.69, 9.17) is 0 Å². The van der Waals surface area contributed by atoms with Crippen molar-refractivity contribution in [2.24, 2.45) is 5.41 Å². The number of nitrogens with one attached hydrogen (secondary N) is 1. The topological polar surface area (TPSA) is 79.3 Å². The van der Waals surface area contributed by atoms with E-state index in [2.05, 4.69) is 10.3 Å². The maximum absolute atomic E-state index is 11.9. The molecule has 0 aliphatic carbocycles. The number of aromatic nitrogens is 1. The first kappa shape index (κ1) is 16.1. The van der Waals surface area contributed by atoms with Gasteiger partial charge in [-0.3, -0.25) is 14.6 Å². The minimum Gasteiger partial charge on any atom is -0.481 e. The number of rotatable bonds is 7. The van der Waals surface area contributed by atoms with Crippen molar-refractivity contribution in [1.82, 2.24) is 10.3 Å². The molecule has 1 heterocycles. The molecule has 1 rings (SSSR count). The first-order chi connectivity index (χ1) is 9.43. The van der Waals surface area contributed by atoms with Gasteiger partial charge in [0.15, 0.2) is 0 Å². The summed E-state index contributed by atoms with van der Waals surface area (Å²) in [6.07, 6.45) is 2.60. The van der Waals surface area contributed by atoms with Crippen LogP contribution in [0.25, 0.3) is 0 Å². The highest BCUT2D eigenvalue weighted by Gasteiger charge is 2.36. The van der Waals surface area contributed by atoms with Crippen molar-refractivity contribution in [3.05, 3.63) is 29.6 Å². The third-order valence-electron chi connectivity index (χ3n) is 3.77. The average molecular weight is 278 g/mol. The van der Waals surface area contributed by atoms with E-state index in [0.717, 1.165) is 11.3 Å². The number of hydrogen-bond donors (Lipinski definition) is 2. The third kappa shape index (κ3) is 4.05. The van der Waals surface area contributed by atoms with Crippen molar-refractivity contribution in [3.63, 3.8) is 0 Å². The molecular formula is C15H22N2O3. The van der Waals surface area contributed by atoms with Crippen LogP contribution in [0.4, 0.5) is 0 Å². The lowest BCUT2D eigenvalue weighted by Crippen LogP contribution is -2.36. The molecule has 1 aromatic rings. The smallest absolute Gasteiger partial charge is 0.310 e. The van der Waals surface area contributed by atoms with E-state index in [9.17, 15) is 14.7 Å². The predicted octanol–water partition coefficient (Wildman–Crippen LogP) is 2.29. The number of pyridine rings is 1. The van der Waals surface area contributed by atoms with Crippen LogP contribution in [0, 0.1) is 12.3 Å². The zero-order chi connectivity index (χ0) is 15.2. The van der Waals surface area contributed by atoms with Crippen molar-refractivity contribution in [2.75, 3.05) is 0 Å². The Balaban J connectivity index is 2.58. The van der Waals surface area contributed by atoms with Crippen molar-refractivity contribution in [3.8, 4) is 0 Å². The second-order valence-corrected chi connectivity index (χ2v) is 5.05. The monoisotopic (exact) mass is 278 g/mol. The lowest BCUT2D eigenvalue weighted by atomic mass is 9.79. The molecule has 0 unspecified atom stereocenters. The molecule has 0 bridgehead atoms. The fourth-order valence-electron chi connectivity index (χ4n) is 2.05. The summed E-state index contributed by atoms with van der Waals surface area (Å²) in [6, 6.07) is 3.77. The van der Waals surface area contributed by atoms with E-state index in [1.807, 2.05) is 19.1 Å². The van der Waals surface area contributed by atoms with Crippen molar-refractivity contribution in [1.29, 1.82) is 0 Å². The highest BCUT2D eigenvalue weighted by molar-refractivity contribution is 5.84. The maximum Gasteiger partial charge on any atom is 0.310 e. The van der Waals surface area contributed by atoms with Crippen LogP contribution in [-0.2, 0) is 16.1 Å². The van der Waals surface area contributed by atoms with Gasteiger partial charge in [-0.25, -0.2) is 0 Å². The Morgan fingerprint density at radius 1 is 1.30 bits per heavy atom. The van der Waals surface area contributed by atoms with Crippen LogP contribution in [0.2, 0.25) is 0 Å². The molecule has 5 nitrogen and oxygen atoms in total. The maximum atomic E-state index is 11.9. The average Bonchev–Trinajstić information content (AvgIpc) is 2.44. The SMILES string of the molecule is CCC(CC)(CC(=O)NCc1ccc(C)nc1)C(=O)O. The second kappa shape index (κ2) is 7.03. The van der Waals surface area contributed by atoms with Gasteiger partial charge in [-0.2, -0.15) is 0 Å². The molecule has 0 atom stereocenters. The van der Waals surface area contributed by atoms with Crippen LogP contribution < -0.4 is 5.32 Å². The van der Waals surface area contributed by atoms with E-state index in [-0.39, 0.29) is 12.3 Å². The van der Waals surface area contributed by atoms with Crippen LogP contribution in [0.15, 0.2) is 18.3 Å². The normalized spacial score (nSPS) is 11.2. The summed E-state index contributed by atoms with van der Waals surface area (Å²) in [4.78, 5) is 27.4. The Kier molecular flexibility index (Phi) is 5.67. The van der Waals surface area contributed by atoms with Gasteiger partial charge < -0.3 is 10.4 Å². The summed E-state index contributed by atoms with van der Waals surface area (Å²) >= 11 is 0. The molecule has 2 N–H and O–H groups in total. The first-order valence-corrected chi connectivity index (χ1v) is 6.85. The molecule has 0 fully saturated rings. The molecule has 0 spiro atoms. The summed E-state index contributed by atoms with van der Waals surface area (Å²) in [5, 5.41) is 12.1. The predicted molar refractivity (Wildman–Crippen MR) is 76.1 cm³/mol. The van der Waals surface area contributed by atoms with E-state index >= 15 is 0 Å². The van der Waals surface area contributed by atoms with Gasteiger partial charge in [-0.15, -0.1) is 0 Å². The highest BCUT2D eigenvalue weighted by Crippen LogP contribution is 2.30. The summed E-state index contributed by atoms with van der Waals surface area (Å²) in [5.41, 5.74) is 0.857. The number of carboxylic acids is 1. The van der Waals surface area contributed by atoms with Crippen molar-refractivity contribution >= 4 is 11.9 Å². The molecule has 0 aliphatic heterocycles. The minimum atomic E-state index is -0.963. The zero-order valence-electron chi connectivity index (χ0n) is 12.3. The Labute approximate surface area is 119 Å². The zero-order valence-corrected chi connectivity index (χ0v) is 12.3. The fraction of sp³-hybridized carbons (Fsp3) is 0.533. The molecule has 0 aromatic carbocycles. The van der Waals surface area contributed by atoms with E-state index in [1.54, 1.807) is 20.0 Å². The van der Waals surface area contributed by atoms with Crippen molar-refractivity contribution < 1.29 is 14.7 Å². The summed E-state index contributed by atoms with van der Waals surface area (Å²) < 4.78 is 0. The molecule has 5 heteroatoms. The lowest BCUT2D eigenvalue weighted by molar-refractivity contribution is -0.152. The Hall–Kier alpha value is -1.91. The lowest BCUT2D eigenvalue weighted by Gasteiger charge is -2.25. The number of aliphatic carboxylic acids is 1. The van der Waals surface area contributed by atoms with Crippen molar-refractivity contribution in [2.45, 2.75) is 46.6 Å². The van der Waals surface area contributed by atoms with E-state index in [0.29, 0.717) is 19.4 Å². The number of hydrogen-bond acceptors (Lipinski definition) is 3. The molecule has 0 saturated heterocycles. The first-order valence-electron chi connectivity index (χ1n) is 6.85. The van der Waals surface area contributed by atoms with Crippen LogP contribution >= 0.6 is 0 Å². The number of carboxylic acid groups (broad SMARTS) is 1. The van der Waals surface area contributed by atoms with E-state index < -0.39 is 11.4 Å². The Morgan fingerprint density at radius 2 is 1.95 bits per heavy atom. The van der Waals surface area contributed by atoms with Crippen LogP contribution in [0.3, 0.4) is 0 Å². The molecule has 20 heavy (non-hydrogen) atoms. The Morgan fingerprint density at radius 3 is 2.40 bits per heavy atom. The standard InChI is InChI=1S/C15H22N2O3/c1-4-15(5-2,14(19)20)8-13(18)17-10-12-7-6-11(3)16-9-12/h6-7,9H,4-5,8,10H2,1-3H3,(H,17,18)(H,19,20). The molecule has 110 valence electrons. The van der Waals surface area contributed by atoms with E-state index in [1.165, 1.54) is 0 Å². The van der Waals surface area contributed by atoms with Crippen LogP contribution in [0.1, 0.15) is 44.4 Å². The molecule has 0 aliphatic rings. The van der Waals surface area contributed by atoms with Gasteiger partial charge in [0.2, 0.25) is 5.91 Å². The Bertz CT molecular complexity index is 465. The van der Waals surface area contributed by atoms with Gasteiger partial charge in [-0.1, -0.05) is 19.9 Å². The van der Waals surface area contributed by atoms with Gasteiger partial charge in [0, 0.05) is 24.9 Å². The number of amides is 1. The quantitative estimate of drug-likeness (QED) is 0.802. The van der Waals surface area contributed by atoms with Crippen LogP contribution in [-0.4, -0.2) is 22.0 Å². The minimum absolute atomic E-state index is 0.00855. The van der Waals surface area contributed by atoms with Gasteiger partial charge in [0.05, 0.1) is 5.41 Å². The second-order valence-electron chi connectivity index (χ2n) is 5.05. The summed E-state index contributed by atoms with van der Waals surface area (Å²) in [5.74, 6) is -1.15. The molecule has 1 aromatic heterocycles. The molecular weight excluding hydrogens is 256 g/mol. The number of aryl methyl sites for hydroxylation is 1. The van der Waals surface area contributed by atoms with Crippen LogP contribution in [0.5, 0.6) is 0 Å². The molecule has 0 saturated carbocycles. The van der Waals surface area contributed by atoms with Gasteiger partial charge >= 0.3 is 5.97 Å². The number of carbonyl (C=O) groups is 2. The number of carbonyl (C=O) groups excluding carboxylic acids is 1. The molecule has 0 radical (unpaired) electrons. The van der Waals surface area contributed by atoms with Gasteiger partial charge in [0.25, 0.3) is 0 Å². The fourth-order valence-corrected chi connectivity index (χ4v) is 2.05. The van der Waals surface area contributed by atoms with Gasteiger partial charge in [0.1, 0.15) is 0 Å². The summed E-state index contributed by atoms with van der Waals surface area (Å²) in [6.45, 7) is 5.87. The third-order valence-corrected chi connectivity index (χ3v) is 3.77. The number of nitrogens with zero attached hydrogens (tertiary/aromatic N) is 1. The highest BCUT2D eigenvalue weighted by atomic mass is 16.4. The summed E-state index contributed by atoms with van der Waals surface area (Å²) in [7, 11) is 0. The largest absolute Gasteiger partial charge is 0.481 e.